The Hall–Kier alpha value is -2.85. The van der Waals surface area contributed by atoms with Gasteiger partial charge in [-0.15, -0.1) is 0 Å². The van der Waals surface area contributed by atoms with Crippen molar-refractivity contribution in [1.82, 2.24) is 9.38 Å². The second-order valence-corrected chi connectivity index (χ2v) is 5.95. The van der Waals surface area contributed by atoms with Crippen molar-refractivity contribution >= 4 is 22.9 Å². The fourth-order valence-corrected chi connectivity index (χ4v) is 2.87. The zero-order chi connectivity index (χ0) is 16.7. The van der Waals surface area contributed by atoms with E-state index in [0.29, 0.717) is 5.69 Å². The normalized spacial score (nSPS) is 11.1. The third kappa shape index (κ3) is 2.51. The van der Waals surface area contributed by atoms with Crippen LogP contribution in [0.5, 0.6) is 0 Å². The Morgan fingerprint density at radius 3 is 2.58 bits per heavy atom. The molecule has 0 spiro atoms. The number of aromatic nitrogens is 2. The maximum atomic E-state index is 13.7. The molecule has 2 heterocycles. The van der Waals surface area contributed by atoms with Crippen molar-refractivity contribution in [3.05, 3.63) is 77.8 Å². The monoisotopic (exact) mass is 337 g/mol. The highest BCUT2D eigenvalue weighted by molar-refractivity contribution is 6.30. The molecule has 0 bridgehead atoms. The Balaban J connectivity index is 1.82. The first-order valence-corrected chi connectivity index (χ1v) is 7.78. The summed E-state index contributed by atoms with van der Waals surface area (Å²) >= 11 is 5.75. The van der Waals surface area contributed by atoms with E-state index in [0.717, 1.165) is 28.0 Å². The van der Waals surface area contributed by atoms with Crippen molar-refractivity contribution < 1.29 is 4.39 Å². The molecule has 2 aromatic heterocycles. The lowest BCUT2D eigenvalue weighted by Gasteiger charge is -2.06. The quantitative estimate of drug-likeness (QED) is 0.520. The molecule has 0 unspecified atom stereocenters. The number of nitrogen functional groups attached to an aromatic ring is 1. The van der Waals surface area contributed by atoms with Gasteiger partial charge in [-0.2, -0.15) is 0 Å². The molecule has 0 atom stereocenters. The van der Waals surface area contributed by atoms with Gasteiger partial charge >= 0.3 is 0 Å². The number of rotatable bonds is 2. The summed E-state index contributed by atoms with van der Waals surface area (Å²) in [5.74, 6) is -0.433. The largest absolute Gasteiger partial charge is 0.399 e. The number of hydrogen-bond donors (Lipinski definition) is 1. The minimum atomic E-state index is -0.433. The lowest BCUT2D eigenvalue weighted by atomic mass is 10.1. The van der Waals surface area contributed by atoms with Gasteiger partial charge in [0.1, 0.15) is 11.5 Å². The Bertz CT molecular complexity index is 1060. The van der Waals surface area contributed by atoms with Gasteiger partial charge in [-0.3, -0.25) is 4.40 Å². The van der Waals surface area contributed by atoms with Crippen LogP contribution in [0.3, 0.4) is 0 Å². The molecule has 5 heteroatoms. The number of fused-ring (bicyclic) bond motifs is 1. The van der Waals surface area contributed by atoms with Crippen molar-refractivity contribution in [3.63, 3.8) is 0 Å². The molecule has 0 fully saturated rings. The molecule has 0 aliphatic rings. The molecule has 0 radical (unpaired) electrons. The Labute approximate surface area is 143 Å². The van der Waals surface area contributed by atoms with Gasteiger partial charge < -0.3 is 5.73 Å². The predicted molar refractivity (Wildman–Crippen MR) is 95.4 cm³/mol. The lowest BCUT2D eigenvalue weighted by molar-refractivity contribution is 0.629. The summed E-state index contributed by atoms with van der Waals surface area (Å²) in [6.45, 7) is 0. The van der Waals surface area contributed by atoms with Crippen molar-refractivity contribution in [1.29, 1.82) is 0 Å². The number of nitrogens with two attached hydrogens (primary N) is 1. The molecule has 0 saturated carbocycles. The van der Waals surface area contributed by atoms with Crippen LogP contribution in [0.15, 0.2) is 67.0 Å². The first-order chi connectivity index (χ1) is 11.6. The summed E-state index contributed by atoms with van der Waals surface area (Å²) in [5.41, 5.74) is 10.9. The summed E-state index contributed by atoms with van der Waals surface area (Å²) in [6, 6.07) is 16.3. The van der Waals surface area contributed by atoms with E-state index in [-0.39, 0.29) is 5.02 Å². The van der Waals surface area contributed by atoms with Crippen molar-refractivity contribution in [3.8, 4) is 22.4 Å². The lowest BCUT2D eigenvalue weighted by Crippen LogP contribution is -1.91. The minimum absolute atomic E-state index is 0.115. The SMILES string of the molecule is Nc1cccc(-c2cnc3cc(-c4ccc(Cl)c(F)c4)ccn23)c1. The molecule has 4 rings (SSSR count). The fourth-order valence-electron chi connectivity index (χ4n) is 2.75. The van der Waals surface area contributed by atoms with Gasteiger partial charge in [0.05, 0.1) is 16.9 Å². The summed E-state index contributed by atoms with van der Waals surface area (Å²) < 4.78 is 15.7. The molecule has 3 nitrogen and oxygen atoms in total. The van der Waals surface area contributed by atoms with Crippen LogP contribution < -0.4 is 5.73 Å². The van der Waals surface area contributed by atoms with Gasteiger partial charge in [-0.05, 0) is 47.5 Å². The van der Waals surface area contributed by atoms with Crippen LogP contribution in [0, 0.1) is 5.82 Å². The van der Waals surface area contributed by atoms with Gasteiger partial charge in [0.2, 0.25) is 0 Å². The van der Waals surface area contributed by atoms with Crippen LogP contribution >= 0.6 is 11.6 Å². The van der Waals surface area contributed by atoms with E-state index in [4.69, 9.17) is 17.3 Å². The fraction of sp³-hybridized carbons (Fsp3) is 0. The standard InChI is InChI=1S/C19H13ClFN3/c20-16-5-4-12(9-17(16)21)13-6-7-24-18(11-23-19(24)10-13)14-2-1-3-15(22)8-14/h1-11H,22H2. The summed E-state index contributed by atoms with van der Waals surface area (Å²) in [7, 11) is 0. The third-order valence-electron chi connectivity index (χ3n) is 3.95. The highest BCUT2D eigenvalue weighted by Gasteiger charge is 2.09. The summed E-state index contributed by atoms with van der Waals surface area (Å²) in [5, 5.41) is 0.115. The Morgan fingerprint density at radius 1 is 0.958 bits per heavy atom. The van der Waals surface area contributed by atoms with Crippen molar-refractivity contribution in [2.45, 2.75) is 0 Å². The van der Waals surface area contributed by atoms with E-state index in [1.165, 1.54) is 6.07 Å². The molecule has 0 aliphatic carbocycles. The molecular formula is C19H13ClFN3. The number of pyridine rings is 1. The van der Waals surface area contributed by atoms with E-state index in [1.807, 2.05) is 47.0 Å². The maximum absolute atomic E-state index is 13.7. The van der Waals surface area contributed by atoms with E-state index in [2.05, 4.69) is 4.98 Å². The number of imidazole rings is 1. The summed E-state index contributed by atoms with van der Waals surface area (Å²) in [4.78, 5) is 4.45. The Morgan fingerprint density at radius 2 is 1.79 bits per heavy atom. The van der Waals surface area contributed by atoms with E-state index in [9.17, 15) is 4.39 Å². The molecule has 2 N–H and O–H groups in total. The molecule has 0 amide bonds. The summed E-state index contributed by atoms with van der Waals surface area (Å²) in [6.07, 6.45) is 3.72. The molecule has 4 aromatic rings. The van der Waals surface area contributed by atoms with Gasteiger partial charge in [-0.25, -0.2) is 9.37 Å². The maximum Gasteiger partial charge on any atom is 0.142 e. The number of benzene rings is 2. The molecule has 118 valence electrons. The van der Waals surface area contributed by atoms with Crippen LogP contribution in [-0.4, -0.2) is 9.38 Å². The average molecular weight is 338 g/mol. The first-order valence-electron chi connectivity index (χ1n) is 7.40. The zero-order valence-corrected chi connectivity index (χ0v) is 13.3. The zero-order valence-electron chi connectivity index (χ0n) is 12.6. The molecular weight excluding hydrogens is 325 g/mol. The highest BCUT2D eigenvalue weighted by atomic mass is 35.5. The second-order valence-electron chi connectivity index (χ2n) is 5.54. The number of anilines is 1. The second kappa shape index (κ2) is 5.65. The molecule has 2 aromatic carbocycles. The van der Waals surface area contributed by atoms with Crippen molar-refractivity contribution in [2.24, 2.45) is 0 Å². The molecule has 24 heavy (non-hydrogen) atoms. The Kier molecular flexibility index (Phi) is 3.47. The van der Waals surface area contributed by atoms with E-state index < -0.39 is 5.82 Å². The number of nitrogens with zero attached hydrogens (tertiary/aromatic N) is 2. The first kappa shape index (κ1) is 14.7. The number of hydrogen-bond acceptors (Lipinski definition) is 2. The highest BCUT2D eigenvalue weighted by Crippen LogP contribution is 2.28. The van der Waals surface area contributed by atoms with Gasteiger partial charge in [0.15, 0.2) is 0 Å². The van der Waals surface area contributed by atoms with Crippen molar-refractivity contribution in [2.75, 3.05) is 5.73 Å². The van der Waals surface area contributed by atoms with Gasteiger partial charge in [-0.1, -0.05) is 29.8 Å². The van der Waals surface area contributed by atoms with Crippen LogP contribution in [0.25, 0.3) is 28.0 Å². The van der Waals surface area contributed by atoms with Crippen LogP contribution in [0.2, 0.25) is 5.02 Å². The van der Waals surface area contributed by atoms with Gasteiger partial charge in [0, 0.05) is 17.4 Å². The minimum Gasteiger partial charge on any atom is -0.399 e. The smallest absolute Gasteiger partial charge is 0.142 e. The number of halogens is 2. The topological polar surface area (TPSA) is 43.3 Å². The van der Waals surface area contributed by atoms with E-state index in [1.54, 1.807) is 18.3 Å². The average Bonchev–Trinajstić information content (AvgIpc) is 3.00. The van der Waals surface area contributed by atoms with Crippen LogP contribution in [0.1, 0.15) is 0 Å². The van der Waals surface area contributed by atoms with Crippen LogP contribution in [-0.2, 0) is 0 Å². The van der Waals surface area contributed by atoms with Crippen LogP contribution in [0.4, 0.5) is 10.1 Å². The third-order valence-corrected chi connectivity index (χ3v) is 4.26. The van der Waals surface area contributed by atoms with Gasteiger partial charge in [0.25, 0.3) is 0 Å². The van der Waals surface area contributed by atoms with E-state index >= 15 is 0 Å². The molecule has 0 saturated heterocycles. The predicted octanol–water partition coefficient (Wildman–Crippen LogP) is 5.04. The molecule has 0 aliphatic heterocycles.